The van der Waals surface area contributed by atoms with Gasteiger partial charge in [-0.1, -0.05) is 24.3 Å². The van der Waals surface area contributed by atoms with Crippen LogP contribution in [0.2, 0.25) is 0 Å². The topological polar surface area (TPSA) is 131 Å². The summed E-state index contributed by atoms with van der Waals surface area (Å²) in [6.45, 7) is 14.3. The molecule has 34 heavy (non-hydrogen) atoms. The maximum absolute atomic E-state index is 13.8. The molecule has 4 N–H and O–H groups in total. The molecule has 0 saturated heterocycles. The number of nitrogens with two attached hydrogens (primary N) is 1. The van der Waals surface area contributed by atoms with Gasteiger partial charge in [-0.25, -0.2) is 4.79 Å². The quantitative estimate of drug-likeness (QED) is 0.478. The molecular weight excluding hydrogens is 436 g/mol. The monoisotopic (exact) mass is 476 g/mol. The number of aryl methyl sites for hydroxylation is 1. The molecule has 0 spiro atoms. The number of carbonyl (C=O) groups is 4. The summed E-state index contributed by atoms with van der Waals surface area (Å²) >= 11 is 0. The SMILES string of the molecule is Cc1ccccc1C(C(=O)NC(C)C)N(C(=O)C(CCC(N)=O)NC(=O)OC(C)(C)C)C(C)C. The van der Waals surface area contributed by atoms with Crippen LogP contribution in [-0.4, -0.2) is 52.4 Å². The molecule has 0 aliphatic rings. The number of hydrogen-bond donors (Lipinski definition) is 3. The van der Waals surface area contributed by atoms with Crippen LogP contribution in [0, 0.1) is 6.92 Å². The summed E-state index contributed by atoms with van der Waals surface area (Å²) in [6.07, 6.45) is -0.938. The van der Waals surface area contributed by atoms with Gasteiger partial charge in [0, 0.05) is 18.5 Å². The maximum atomic E-state index is 13.8. The van der Waals surface area contributed by atoms with E-state index in [0.717, 1.165) is 5.56 Å². The molecule has 0 aromatic heterocycles. The van der Waals surface area contributed by atoms with Crippen molar-refractivity contribution in [2.75, 3.05) is 0 Å². The van der Waals surface area contributed by atoms with Crippen molar-refractivity contribution < 1.29 is 23.9 Å². The number of hydrogen-bond acceptors (Lipinski definition) is 5. The summed E-state index contributed by atoms with van der Waals surface area (Å²) < 4.78 is 5.31. The largest absolute Gasteiger partial charge is 0.444 e. The third-order valence-corrected chi connectivity index (χ3v) is 4.92. The van der Waals surface area contributed by atoms with E-state index in [1.54, 1.807) is 34.6 Å². The van der Waals surface area contributed by atoms with Gasteiger partial charge < -0.3 is 26.0 Å². The van der Waals surface area contributed by atoms with Gasteiger partial charge in [-0.15, -0.1) is 0 Å². The molecule has 1 aromatic carbocycles. The van der Waals surface area contributed by atoms with Gasteiger partial charge in [0.25, 0.3) is 0 Å². The van der Waals surface area contributed by atoms with Crippen LogP contribution in [-0.2, 0) is 19.1 Å². The summed E-state index contributed by atoms with van der Waals surface area (Å²) in [4.78, 5) is 52.6. The zero-order valence-electron chi connectivity index (χ0n) is 21.6. The lowest BCUT2D eigenvalue weighted by Crippen LogP contribution is -2.55. The van der Waals surface area contributed by atoms with E-state index in [-0.39, 0.29) is 24.8 Å². The minimum absolute atomic E-state index is 0.0249. The number of nitrogens with zero attached hydrogens (tertiary/aromatic N) is 1. The van der Waals surface area contributed by atoms with Crippen LogP contribution < -0.4 is 16.4 Å². The van der Waals surface area contributed by atoms with E-state index in [2.05, 4.69) is 10.6 Å². The van der Waals surface area contributed by atoms with Crippen molar-refractivity contribution in [2.24, 2.45) is 5.73 Å². The molecule has 0 saturated carbocycles. The van der Waals surface area contributed by atoms with Crippen LogP contribution >= 0.6 is 0 Å². The minimum Gasteiger partial charge on any atom is -0.444 e. The van der Waals surface area contributed by atoms with Gasteiger partial charge in [0.05, 0.1) is 0 Å². The molecule has 0 heterocycles. The highest BCUT2D eigenvalue weighted by Gasteiger charge is 2.38. The predicted molar refractivity (Wildman–Crippen MR) is 131 cm³/mol. The zero-order chi connectivity index (χ0) is 26.2. The fraction of sp³-hybridized carbons (Fsp3) is 0.600. The first-order valence-electron chi connectivity index (χ1n) is 11.6. The third-order valence-electron chi connectivity index (χ3n) is 4.92. The molecule has 190 valence electrons. The van der Waals surface area contributed by atoms with E-state index in [9.17, 15) is 19.2 Å². The van der Waals surface area contributed by atoms with E-state index >= 15 is 0 Å². The number of primary amides is 1. The average Bonchev–Trinajstić information content (AvgIpc) is 2.67. The Kier molecular flexibility index (Phi) is 10.5. The molecule has 2 atom stereocenters. The summed E-state index contributed by atoms with van der Waals surface area (Å²) in [5.74, 6) is -1.44. The van der Waals surface area contributed by atoms with E-state index in [1.807, 2.05) is 45.0 Å². The first kappa shape index (κ1) is 28.9. The Hall–Kier alpha value is -3.10. The molecule has 0 bridgehead atoms. The number of benzene rings is 1. The second kappa shape index (κ2) is 12.4. The van der Waals surface area contributed by atoms with Crippen molar-refractivity contribution in [2.45, 2.75) is 98.0 Å². The molecule has 0 aliphatic heterocycles. The van der Waals surface area contributed by atoms with Crippen LogP contribution in [0.3, 0.4) is 0 Å². The summed E-state index contributed by atoms with van der Waals surface area (Å²) in [7, 11) is 0. The molecule has 1 aromatic rings. The highest BCUT2D eigenvalue weighted by molar-refractivity contribution is 5.93. The normalized spacial score (nSPS) is 13.2. The van der Waals surface area contributed by atoms with Crippen molar-refractivity contribution in [1.82, 2.24) is 15.5 Å². The number of amides is 4. The Morgan fingerprint density at radius 2 is 1.62 bits per heavy atom. The summed E-state index contributed by atoms with van der Waals surface area (Å²) in [5, 5.41) is 5.47. The van der Waals surface area contributed by atoms with Crippen LogP contribution in [0.5, 0.6) is 0 Å². The lowest BCUT2D eigenvalue weighted by molar-refractivity contribution is -0.145. The van der Waals surface area contributed by atoms with Gasteiger partial charge in [0.1, 0.15) is 17.7 Å². The number of ether oxygens (including phenoxy) is 1. The van der Waals surface area contributed by atoms with E-state index < -0.39 is 41.6 Å². The average molecular weight is 477 g/mol. The number of rotatable bonds is 10. The Morgan fingerprint density at radius 1 is 1.03 bits per heavy atom. The number of nitrogens with one attached hydrogen (secondary N) is 2. The van der Waals surface area contributed by atoms with Gasteiger partial charge in [0.15, 0.2) is 0 Å². The zero-order valence-corrected chi connectivity index (χ0v) is 21.6. The second-order valence-corrected chi connectivity index (χ2v) is 9.97. The van der Waals surface area contributed by atoms with Gasteiger partial charge in [-0.2, -0.15) is 0 Å². The first-order chi connectivity index (χ1) is 15.6. The van der Waals surface area contributed by atoms with E-state index in [4.69, 9.17) is 10.5 Å². The van der Waals surface area contributed by atoms with Crippen molar-refractivity contribution in [1.29, 1.82) is 0 Å². The fourth-order valence-corrected chi connectivity index (χ4v) is 3.53. The van der Waals surface area contributed by atoms with Crippen molar-refractivity contribution >= 4 is 23.8 Å². The molecule has 1 rings (SSSR count). The predicted octanol–water partition coefficient (Wildman–Crippen LogP) is 2.96. The summed E-state index contributed by atoms with van der Waals surface area (Å²) in [6, 6.07) is 4.76. The van der Waals surface area contributed by atoms with E-state index in [0.29, 0.717) is 5.56 Å². The highest BCUT2D eigenvalue weighted by atomic mass is 16.6. The number of carbonyl (C=O) groups excluding carboxylic acids is 4. The minimum atomic E-state index is -1.11. The van der Waals surface area contributed by atoms with Gasteiger partial charge in [0.2, 0.25) is 17.7 Å². The summed E-state index contributed by atoms with van der Waals surface area (Å²) in [5.41, 5.74) is 6.05. The Balaban J connectivity index is 3.47. The lowest BCUT2D eigenvalue weighted by Gasteiger charge is -2.38. The number of alkyl carbamates (subject to hydrolysis) is 1. The Bertz CT molecular complexity index is 876. The third kappa shape index (κ3) is 9.03. The van der Waals surface area contributed by atoms with Crippen LogP contribution in [0.15, 0.2) is 24.3 Å². The molecule has 4 amide bonds. The Morgan fingerprint density at radius 3 is 2.09 bits per heavy atom. The van der Waals surface area contributed by atoms with Gasteiger partial charge >= 0.3 is 6.09 Å². The maximum Gasteiger partial charge on any atom is 0.408 e. The van der Waals surface area contributed by atoms with Crippen molar-refractivity contribution in [3.8, 4) is 0 Å². The standard InChI is InChI=1S/C25H40N4O5/c1-15(2)27-22(31)21(18-12-10-9-11-17(18)5)29(16(3)4)23(32)19(13-14-20(26)30)28-24(33)34-25(6,7)8/h9-12,15-16,19,21H,13-14H2,1-8H3,(H2,26,30)(H,27,31)(H,28,33). The van der Waals surface area contributed by atoms with Crippen LogP contribution in [0.1, 0.15) is 78.5 Å². The van der Waals surface area contributed by atoms with Crippen LogP contribution in [0.25, 0.3) is 0 Å². The van der Waals surface area contributed by atoms with Gasteiger partial charge in [-0.3, -0.25) is 14.4 Å². The van der Waals surface area contributed by atoms with Crippen molar-refractivity contribution in [3.63, 3.8) is 0 Å². The molecular formula is C25H40N4O5. The molecule has 0 fully saturated rings. The van der Waals surface area contributed by atoms with Crippen LogP contribution in [0.4, 0.5) is 4.79 Å². The van der Waals surface area contributed by atoms with Crippen molar-refractivity contribution in [3.05, 3.63) is 35.4 Å². The first-order valence-corrected chi connectivity index (χ1v) is 11.6. The fourth-order valence-electron chi connectivity index (χ4n) is 3.53. The Labute approximate surface area is 202 Å². The van der Waals surface area contributed by atoms with E-state index in [1.165, 1.54) is 4.90 Å². The molecule has 9 heteroatoms. The molecule has 0 aliphatic carbocycles. The highest BCUT2D eigenvalue weighted by Crippen LogP contribution is 2.28. The molecule has 0 radical (unpaired) electrons. The second-order valence-electron chi connectivity index (χ2n) is 9.97. The smallest absolute Gasteiger partial charge is 0.408 e. The molecule has 9 nitrogen and oxygen atoms in total. The van der Waals surface area contributed by atoms with Gasteiger partial charge in [-0.05, 0) is 72.9 Å². The molecule has 2 unspecified atom stereocenters. The lowest BCUT2D eigenvalue weighted by atomic mass is 9.96.